The van der Waals surface area contributed by atoms with Gasteiger partial charge in [0.15, 0.2) is 6.23 Å². The summed E-state index contributed by atoms with van der Waals surface area (Å²) in [6.45, 7) is 5.52. The zero-order valence-electron chi connectivity index (χ0n) is 15.1. The number of hydrogen-bond donors (Lipinski definition) is 2. The minimum atomic E-state index is -3.94. The second kappa shape index (κ2) is 8.98. The first-order valence-corrected chi connectivity index (χ1v) is 10.3. The fourth-order valence-corrected chi connectivity index (χ4v) is 4.99. The number of hydrogen-bond acceptors (Lipinski definition) is 6. The quantitative estimate of drug-likeness (QED) is 0.368. The van der Waals surface area contributed by atoms with E-state index < -0.39 is 18.4 Å². The molecule has 0 aliphatic carbocycles. The van der Waals surface area contributed by atoms with E-state index in [9.17, 15) is 9.67 Å². The van der Waals surface area contributed by atoms with Crippen molar-refractivity contribution in [3.8, 4) is 0 Å². The highest BCUT2D eigenvalue weighted by atomic mass is 35.5. The monoisotopic (exact) mass is 398 g/mol. The highest BCUT2D eigenvalue weighted by molar-refractivity contribution is 7.57. The number of anilines is 1. The molecule has 8 heteroatoms. The van der Waals surface area contributed by atoms with E-state index in [2.05, 4.69) is 10.3 Å². The third-order valence-electron chi connectivity index (χ3n) is 3.74. The molecule has 26 heavy (non-hydrogen) atoms. The lowest BCUT2D eigenvalue weighted by Gasteiger charge is -2.37. The van der Waals surface area contributed by atoms with Crippen molar-refractivity contribution in [3.05, 3.63) is 59.8 Å². The molecule has 142 valence electrons. The third kappa shape index (κ3) is 4.27. The van der Waals surface area contributed by atoms with Gasteiger partial charge in [0.1, 0.15) is 5.82 Å². The molecule has 0 amide bonds. The van der Waals surface area contributed by atoms with Crippen molar-refractivity contribution in [1.82, 2.24) is 4.98 Å². The van der Waals surface area contributed by atoms with Crippen molar-refractivity contribution in [2.24, 2.45) is 0 Å². The Morgan fingerprint density at radius 2 is 1.85 bits per heavy atom. The molecule has 0 fully saturated rings. The maximum atomic E-state index is 13.5. The number of pyridine rings is 1. The molecule has 0 bridgehead atoms. The highest BCUT2D eigenvalue weighted by Crippen LogP contribution is 2.68. The fraction of sp³-hybridized carbons (Fsp3) is 0.389. The molecule has 2 N–H and O–H groups in total. The van der Waals surface area contributed by atoms with E-state index in [4.69, 9.17) is 20.6 Å². The number of aromatic nitrogens is 1. The van der Waals surface area contributed by atoms with Gasteiger partial charge in [-0.3, -0.25) is 4.57 Å². The van der Waals surface area contributed by atoms with Crippen LogP contribution >= 0.6 is 19.2 Å². The predicted molar refractivity (Wildman–Crippen MR) is 103 cm³/mol. The molecule has 2 unspecified atom stereocenters. The number of aliphatic hydroxyl groups excluding tert-OH is 1. The molecule has 1 heterocycles. The van der Waals surface area contributed by atoms with Crippen LogP contribution in [0.1, 0.15) is 25.0 Å². The molecule has 2 rings (SSSR count). The zero-order chi connectivity index (χ0) is 19.2. The van der Waals surface area contributed by atoms with Gasteiger partial charge >= 0.3 is 7.60 Å². The summed E-state index contributed by atoms with van der Waals surface area (Å²) >= 11 is 6.82. The van der Waals surface area contributed by atoms with Crippen molar-refractivity contribution in [2.45, 2.75) is 31.6 Å². The summed E-state index contributed by atoms with van der Waals surface area (Å²) in [7, 11) is -3.94. The Morgan fingerprint density at radius 1 is 1.23 bits per heavy atom. The van der Waals surface area contributed by atoms with E-state index in [1.54, 1.807) is 56.4 Å². The summed E-state index contributed by atoms with van der Waals surface area (Å²) in [5.41, 5.74) is 1.37. The molecular formula is C18H24ClN2O4P. The Kier molecular flexibility index (Phi) is 7.21. The Bertz CT molecular complexity index is 752. The van der Waals surface area contributed by atoms with Crippen LogP contribution in [0.4, 0.5) is 5.82 Å². The topological polar surface area (TPSA) is 80.7 Å². The largest absolute Gasteiger partial charge is 0.371 e. The summed E-state index contributed by atoms with van der Waals surface area (Å²) in [6.07, 6.45) is 0.123. The second-order valence-electron chi connectivity index (χ2n) is 5.64. The van der Waals surface area contributed by atoms with Crippen LogP contribution < -0.4 is 5.32 Å². The van der Waals surface area contributed by atoms with Gasteiger partial charge in [0.2, 0.25) is 4.62 Å². The summed E-state index contributed by atoms with van der Waals surface area (Å²) in [5.74, 6) is 0.401. The number of halogens is 1. The summed E-state index contributed by atoms with van der Waals surface area (Å²) < 4.78 is 22.6. The summed E-state index contributed by atoms with van der Waals surface area (Å²) in [5, 5.41) is 13.8. The number of benzene rings is 1. The third-order valence-corrected chi connectivity index (χ3v) is 7.28. The molecule has 0 saturated heterocycles. The van der Waals surface area contributed by atoms with Gasteiger partial charge in [0.05, 0.1) is 13.2 Å². The molecule has 0 aliphatic rings. The number of aliphatic hydroxyl groups is 1. The molecule has 1 aromatic heterocycles. The van der Waals surface area contributed by atoms with Gasteiger partial charge < -0.3 is 19.5 Å². The van der Waals surface area contributed by atoms with Gasteiger partial charge in [-0.25, -0.2) is 4.98 Å². The van der Waals surface area contributed by atoms with E-state index in [1.807, 2.05) is 13.0 Å². The van der Waals surface area contributed by atoms with Crippen LogP contribution in [0.3, 0.4) is 0 Å². The SMILES string of the molecule is CCOP(=O)(OCC)C(Cl)(c1ccccc1)C(O)Nc1cc(C)ccn1. The fourth-order valence-electron chi connectivity index (χ4n) is 2.55. The molecule has 2 aromatic rings. The first-order valence-electron chi connectivity index (χ1n) is 8.38. The van der Waals surface area contributed by atoms with Gasteiger partial charge in [-0.2, -0.15) is 0 Å². The lowest BCUT2D eigenvalue weighted by molar-refractivity contribution is 0.142. The van der Waals surface area contributed by atoms with Crippen LogP contribution in [-0.4, -0.2) is 29.5 Å². The maximum absolute atomic E-state index is 13.5. The molecule has 0 spiro atoms. The van der Waals surface area contributed by atoms with E-state index in [0.29, 0.717) is 11.4 Å². The van der Waals surface area contributed by atoms with Crippen molar-refractivity contribution in [2.75, 3.05) is 18.5 Å². The van der Waals surface area contributed by atoms with Crippen LogP contribution in [0.5, 0.6) is 0 Å². The van der Waals surface area contributed by atoms with Crippen LogP contribution in [0.2, 0.25) is 0 Å². The minimum absolute atomic E-state index is 0.119. The molecule has 6 nitrogen and oxygen atoms in total. The van der Waals surface area contributed by atoms with Crippen molar-refractivity contribution >= 4 is 25.0 Å². The van der Waals surface area contributed by atoms with Crippen molar-refractivity contribution in [1.29, 1.82) is 0 Å². The van der Waals surface area contributed by atoms with Gasteiger partial charge in [-0.15, -0.1) is 0 Å². The second-order valence-corrected chi connectivity index (χ2v) is 8.71. The molecule has 0 radical (unpaired) electrons. The standard InChI is InChI=1S/C18H24ClN2O4P/c1-4-24-26(23,25-5-2)18(19,15-9-7-6-8-10-15)17(22)21-16-13-14(3)11-12-20-16/h6-13,17,22H,4-5H2,1-3H3,(H,20,21). The minimum Gasteiger partial charge on any atom is -0.371 e. The number of alkyl halides is 1. The van der Waals surface area contributed by atoms with Gasteiger partial charge in [-0.1, -0.05) is 41.9 Å². The predicted octanol–water partition coefficient (Wildman–Crippen LogP) is 4.48. The molecule has 2 atom stereocenters. The lowest BCUT2D eigenvalue weighted by Crippen LogP contribution is -2.41. The number of nitrogens with zero attached hydrogens (tertiary/aromatic N) is 1. The van der Waals surface area contributed by atoms with E-state index in [1.165, 1.54) is 0 Å². The smallest absolute Gasteiger partial charge is 0.360 e. The molecule has 1 aromatic carbocycles. The lowest BCUT2D eigenvalue weighted by atomic mass is 10.1. The Balaban J connectivity index is 2.51. The van der Waals surface area contributed by atoms with Gasteiger partial charge in [-0.05, 0) is 44.0 Å². The van der Waals surface area contributed by atoms with Gasteiger partial charge in [0.25, 0.3) is 0 Å². The normalized spacial score (nSPS) is 15.3. The van der Waals surface area contributed by atoms with E-state index >= 15 is 0 Å². The number of rotatable bonds is 9. The first-order chi connectivity index (χ1) is 12.4. The Morgan fingerprint density at radius 3 is 2.38 bits per heavy atom. The van der Waals surface area contributed by atoms with Gasteiger partial charge in [0, 0.05) is 6.20 Å². The Hall–Kier alpha value is -1.43. The van der Waals surface area contributed by atoms with Crippen molar-refractivity contribution < 1.29 is 18.7 Å². The number of aryl methyl sites for hydroxylation is 1. The van der Waals surface area contributed by atoms with Crippen LogP contribution in [0.15, 0.2) is 48.7 Å². The first kappa shape index (κ1) is 20.9. The maximum Gasteiger partial charge on any atom is 0.360 e. The Labute approximate surface area is 159 Å². The molecule has 0 saturated carbocycles. The highest BCUT2D eigenvalue weighted by Gasteiger charge is 2.56. The van der Waals surface area contributed by atoms with E-state index in [0.717, 1.165) is 5.56 Å². The average Bonchev–Trinajstić information content (AvgIpc) is 2.62. The number of nitrogens with one attached hydrogen (secondary N) is 1. The van der Waals surface area contributed by atoms with Crippen LogP contribution in [0.25, 0.3) is 0 Å². The zero-order valence-corrected chi connectivity index (χ0v) is 16.7. The molecular weight excluding hydrogens is 375 g/mol. The van der Waals surface area contributed by atoms with E-state index in [-0.39, 0.29) is 13.2 Å². The van der Waals surface area contributed by atoms with Crippen LogP contribution in [-0.2, 0) is 18.2 Å². The molecule has 0 aliphatic heterocycles. The van der Waals surface area contributed by atoms with Crippen LogP contribution in [0, 0.1) is 6.92 Å². The van der Waals surface area contributed by atoms with Crippen molar-refractivity contribution in [3.63, 3.8) is 0 Å². The summed E-state index contributed by atoms with van der Waals surface area (Å²) in [4.78, 5) is 4.16. The summed E-state index contributed by atoms with van der Waals surface area (Å²) in [6, 6.07) is 12.2. The average molecular weight is 399 g/mol.